The summed E-state index contributed by atoms with van der Waals surface area (Å²) in [4.78, 5) is 15.1. The minimum absolute atomic E-state index is 0.0294. The lowest BCUT2D eigenvalue weighted by atomic mass is 9.74. The van der Waals surface area contributed by atoms with Gasteiger partial charge in [0.15, 0.2) is 5.82 Å². The van der Waals surface area contributed by atoms with Crippen LogP contribution >= 0.6 is 0 Å². The van der Waals surface area contributed by atoms with E-state index in [4.69, 9.17) is 4.74 Å². The summed E-state index contributed by atoms with van der Waals surface area (Å²) in [7, 11) is 1.81. The van der Waals surface area contributed by atoms with Crippen LogP contribution in [0.15, 0.2) is 36.4 Å². The zero-order valence-corrected chi connectivity index (χ0v) is 19.8. The number of hydrogen-bond donors (Lipinski definition) is 1. The highest BCUT2D eigenvalue weighted by Crippen LogP contribution is 2.49. The van der Waals surface area contributed by atoms with Gasteiger partial charge >= 0.3 is 0 Å². The van der Waals surface area contributed by atoms with E-state index in [1.807, 2.05) is 33.0 Å². The number of nitrogens with one attached hydrogen (secondary N) is 1. The summed E-state index contributed by atoms with van der Waals surface area (Å²) >= 11 is 0. The van der Waals surface area contributed by atoms with Crippen molar-refractivity contribution in [3.05, 3.63) is 58.8 Å². The number of amides is 1. The predicted octanol–water partition coefficient (Wildman–Crippen LogP) is 5.25. The van der Waals surface area contributed by atoms with E-state index >= 15 is 0 Å². The normalized spacial score (nSPS) is 18.4. The molecular weight excluding hydrogens is 438 g/mol. The summed E-state index contributed by atoms with van der Waals surface area (Å²) < 4.78 is 33.2. The highest BCUT2D eigenvalue weighted by Gasteiger charge is 2.50. The summed E-state index contributed by atoms with van der Waals surface area (Å²) in [5.41, 5.74) is 2.80. The second kappa shape index (κ2) is 7.98. The lowest BCUT2D eigenvalue weighted by molar-refractivity contribution is -0.126. The first kappa shape index (κ1) is 22.7. The maximum Gasteiger partial charge on any atom is 0.270 e. The van der Waals surface area contributed by atoms with Crippen LogP contribution in [0.2, 0.25) is 0 Å². The number of aryl methyl sites for hydroxylation is 1. The number of halogens is 2. The largest absolute Gasteiger partial charge is 0.381 e. The fourth-order valence-corrected chi connectivity index (χ4v) is 5.20. The molecule has 1 fully saturated rings. The number of anilines is 2. The van der Waals surface area contributed by atoms with E-state index in [0.717, 1.165) is 40.2 Å². The summed E-state index contributed by atoms with van der Waals surface area (Å²) in [5, 5.41) is 13.9. The number of carbonyl (C=O) groups excluding carboxylic acids is 1. The van der Waals surface area contributed by atoms with E-state index in [9.17, 15) is 13.6 Å². The average Bonchev–Trinajstić information content (AvgIpc) is 3.01. The number of likely N-dealkylation sites (N-methyl/N-ethyl adjacent to an activating group) is 1. The van der Waals surface area contributed by atoms with Gasteiger partial charge in [-0.2, -0.15) is 5.10 Å². The summed E-state index contributed by atoms with van der Waals surface area (Å²) in [6.45, 7) is 5.82. The number of hydrogen-bond acceptors (Lipinski definition) is 5. The lowest BCUT2D eigenvalue weighted by Crippen LogP contribution is -2.42. The number of nitrogens with zero attached hydrogens (tertiary/aromatic N) is 3. The van der Waals surface area contributed by atoms with Crippen LogP contribution in [0.4, 0.5) is 20.3 Å². The molecule has 178 valence electrons. The van der Waals surface area contributed by atoms with Gasteiger partial charge < -0.3 is 15.0 Å². The first-order valence-electron chi connectivity index (χ1n) is 11.5. The second-order valence-electron chi connectivity index (χ2n) is 9.49. The molecule has 1 atom stereocenters. The quantitative estimate of drug-likeness (QED) is 0.569. The van der Waals surface area contributed by atoms with Crippen LogP contribution in [-0.4, -0.2) is 36.4 Å². The molecule has 2 aliphatic heterocycles. The van der Waals surface area contributed by atoms with E-state index in [2.05, 4.69) is 21.6 Å². The number of alkyl halides is 2. The average molecular weight is 467 g/mol. The van der Waals surface area contributed by atoms with Crippen molar-refractivity contribution in [2.75, 3.05) is 30.5 Å². The standard InChI is InChI=1S/C26H28F2N4O2/c1-15(17-6-5-7-18(12-17)25(3,27)28)29-23-20-14-22-21(13-19(20)16(2)30-31-23)26(24(33)32(22)4)8-10-34-11-9-26/h5-7,12-15H,8-11H2,1-4H3,(H,29,31)/t15-/m1/s1. The Morgan fingerprint density at radius 2 is 1.88 bits per heavy atom. The van der Waals surface area contributed by atoms with E-state index in [0.29, 0.717) is 31.9 Å². The number of rotatable bonds is 4. The number of benzene rings is 2. The molecule has 0 aliphatic carbocycles. The summed E-state index contributed by atoms with van der Waals surface area (Å²) in [5.74, 6) is -2.26. The molecule has 5 rings (SSSR count). The monoisotopic (exact) mass is 466 g/mol. The third-order valence-electron chi connectivity index (χ3n) is 7.26. The van der Waals surface area contributed by atoms with Gasteiger partial charge in [-0.3, -0.25) is 4.79 Å². The van der Waals surface area contributed by atoms with Gasteiger partial charge in [-0.1, -0.05) is 18.2 Å². The van der Waals surface area contributed by atoms with Crippen molar-refractivity contribution in [1.82, 2.24) is 10.2 Å². The van der Waals surface area contributed by atoms with Crippen molar-refractivity contribution in [2.45, 2.75) is 51.0 Å². The number of carbonyl (C=O) groups is 1. The van der Waals surface area contributed by atoms with Crippen LogP contribution in [0.1, 0.15) is 55.1 Å². The zero-order chi connectivity index (χ0) is 24.3. The third-order valence-corrected chi connectivity index (χ3v) is 7.26. The van der Waals surface area contributed by atoms with E-state index in [-0.39, 0.29) is 17.5 Å². The Morgan fingerprint density at radius 3 is 2.59 bits per heavy atom. The Morgan fingerprint density at radius 1 is 1.15 bits per heavy atom. The minimum atomic E-state index is -2.91. The van der Waals surface area contributed by atoms with Crippen LogP contribution in [0.5, 0.6) is 0 Å². The van der Waals surface area contributed by atoms with E-state index < -0.39 is 11.3 Å². The van der Waals surface area contributed by atoms with E-state index in [1.165, 1.54) is 12.1 Å². The van der Waals surface area contributed by atoms with Crippen LogP contribution in [0.25, 0.3) is 10.8 Å². The molecule has 3 aromatic rings. The smallest absolute Gasteiger partial charge is 0.270 e. The van der Waals surface area contributed by atoms with Crippen LogP contribution in [0, 0.1) is 6.92 Å². The molecule has 2 aromatic carbocycles. The number of aromatic nitrogens is 2. The molecule has 1 spiro atoms. The van der Waals surface area contributed by atoms with Crippen LogP contribution in [-0.2, 0) is 20.9 Å². The fraction of sp³-hybridized carbons (Fsp3) is 0.423. The first-order chi connectivity index (χ1) is 16.1. The topological polar surface area (TPSA) is 67.4 Å². The van der Waals surface area contributed by atoms with Crippen LogP contribution in [0.3, 0.4) is 0 Å². The molecule has 0 unspecified atom stereocenters. The highest BCUT2D eigenvalue weighted by atomic mass is 19.3. The second-order valence-corrected chi connectivity index (χ2v) is 9.49. The Balaban J connectivity index is 1.57. The van der Waals surface area contributed by atoms with Crippen molar-refractivity contribution in [3.8, 4) is 0 Å². The van der Waals surface area contributed by atoms with E-state index in [1.54, 1.807) is 11.0 Å². The first-order valence-corrected chi connectivity index (χ1v) is 11.5. The van der Waals surface area contributed by atoms with Gasteiger partial charge in [0.05, 0.1) is 17.2 Å². The molecule has 1 N–H and O–H groups in total. The molecule has 1 aromatic heterocycles. The van der Waals surface area contributed by atoms with Gasteiger partial charge in [0, 0.05) is 49.2 Å². The SMILES string of the molecule is Cc1nnc(N[C@H](C)c2cccc(C(C)(F)F)c2)c2cc3c(cc12)C1(CCOCC1)C(=O)N3C. The summed E-state index contributed by atoms with van der Waals surface area (Å²) in [6, 6.07) is 10.2. The molecule has 1 amide bonds. The molecular formula is C26H28F2N4O2. The molecule has 34 heavy (non-hydrogen) atoms. The Bertz CT molecular complexity index is 1280. The van der Waals surface area contributed by atoms with Crippen molar-refractivity contribution >= 4 is 28.2 Å². The molecule has 0 radical (unpaired) electrons. The van der Waals surface area contributed by atoms with Gasteiger partial charge in [-0.05, 0) is 56.0 Å². The number of ether oxygens (including phenoxy) is 1. The molecule has 2 aliphatic rings. The Hall–Kier alpha value is -3.13. The number of fused-ring (bicyclic) bond motifs is 3. The highest BCUT2D eigenvalue weighted by molar-refractivity contribution is 6.11. The maximum atomic E-state index is 13.8. The fourth-order valence-electron chi connectivity index (χ4n) is 5.20. The Labute approximate surface area is 197 Å². The summed E-state index contributed by atoms with van der Waals surface area (Å²) in [6.07, 6.45) is 1.32. The van der Waals surface area contributed by atoms with Crippen molar-refractivity contribution in [1.29, 1.82) is 0 Å². The van der Waals surface area contributed by atoms with Crippen molar-refractivity contribution < 1.29 is 18.3 Å². The van der Waals surface area contributed by atoms with Gasteiger partial charge in [-0.15, -0.1) is 5.10 Å². The Kier molecular flexibility index (Phi) is 5.31. The van der Waals surface area contributed by atoms with Crippen LogP contribution < -0.4 is 10.2 Å². The third kappa shape index (κ3) is 3.52. The molecule has 0 saturated carbocycles. The van der Waals surface area contributed by atoms with Crippen molar-refractivity contribution in [2.24, 2.45) is 0 Å². The lowest BCUT2D eigenvalue weighted by Gasteiger charge is -2.32. The maximum absolute atomic E-state index is 13.8. The van der Waals surface area contributed by atoms with Gasteiger partial charge in [0.2, 0.25) is 5.91 Å². The molecule has 6 nitrogen and oxygen atoms in total. The van der Waals surface area contributed by atoms with Crippen molar-refractivity contribution in [3.63, 3.8) is 0 Å². The van der Waals surface area contributed by atoms with Gasteiger partial charge in [0.25, 0.3) is 5.92 Å². The minimum Gasteiger partial charge on any atom is -0.381 e. The zero-order valence-electron chi connectivity index (χ0n) is 19.8. The molecule has 0 bridgehead atoms. The molecule has 8 heteroatoms. The van der Waals surface area contributed by atoms with Gasteiger partial charge in [0.1, 0.15) is 0 Å². The molecule has 1 saturated heterocycles. The molecule has 3 heterocycles. The van der Waals surface area contributed by atoms with Gasteiger partial charge in [-0.25, -0.2) is 8.78 Å². The predicted molar refractivity (Wildman–Crippen MR) is 127 cm³/mol.